The number of benzene rings is 1. The average molecular weight is 354 g/mol. The molecule has 3 aromatic rings. The van der Waals surface area contributed by atoms with E-state index in [1.54, 1.807) is 54.0 Å². The van der Waals surface area contributed by atoms with Crippen LogP contribution in [0.15, 0.2) is 60.1 Å². The molecule has 126 valence electrons. The number of hydrogen-bond acceptors (Lipinski definition) is 6. The van der Waals surface area contributed by atoms with Gasteiger partial charge in [0.15, 0.2) is 0 Å². The topological polar surface area (TPSA) is 77.5 Å². The highest BCUT2D eigenvalue weighted by atomic mass is 32.1. The first-order valence-electron chi connectivity index (χ1n) is 7.33. The molecule has 3 rings (SSSR count). The number of methoxy groups -OCH3 is 1. The molecule has 0 aliphatic carbocycles. The highest BCUT2D eigenvalue weighted by Crippen LogP contribution is 2.25. The van der Waals surface area contributed by atoms with Crippen LogP contribution in [0, 0.1) is 0 Å². The molecule has 7 heteroatoms. The summed E-state index contributed by atoms with van der Waals surface area (Å²) in [6.07, 6.45) is 1.62. The van der Waals surface area contributed by atoms with Gasteiger partial charge in [0.2, 0.25) is 5.88 Å². The predicted molar refractivity (Wildman–Crippen MR) is 94.4 cm³/mol. The molecule has 0 aliphatic heterocycles. The Hall–Kier alpha value is -3.19. The Morgan fingerprint density at radius 3 is 2.76 bits per heavy atom. The molecule has 6 nitrogen and oxygen atoms in total. The van der Waals surface area contributed by atoms with Gasteiger partial charge in [-0.1, -0.05) is 12.1 Å². The third-order valence-electron chi connectivity index (χ3n) is 3.24. The second kappa shape index (κ2) is 7.59. The first-order chi connectivity index (χ1) is 12.2. The van der Waals surface area contributed by atoms with Gasteiger partial charge in [-0.05, 0) is 35.7 Å². The number of esters is 1. The average Bonchev–Trinajstić information content (AvgIpc) is 3.10. The number of nitrogens with zero attached hydrogens (tertiary/aromatic N) is 1. The van der Waals surface area contributed by atoms with Crippen molar-refractivity contribution in [2.45, 2.75) is 0 Å². The molecule has 0 spiro atoms. The van der Waals surface area contributed by atoms with Crippen LogP contribution in [0.25, 0.3) is 0 Å². The van der Waals surface area contributed by atoms with E-state index >= 15 is 0 Å². The molecule has 25 heavy (non-hydrogen) atoms. The van der Waals surface area contributed by atoms with Crippen molar-refractivity contribution >= 4 is 28.9 Å². The van der Waals surface area contributed by atoms with Crippen molar-refractivity contribution in [3.05, 3.63) is 70.5 Å². The van der Waals surface area contributed by atoms with Gasteiger partial charge >= 0.3 is 5.97 Å². The van der Waals surface area contributed by atoms with E-state index in [-0.39, 0.29) is 5.91 Å². The number of anilines is 1. The molecule has 2 heterocycles. The van der Waals surface area contributed by atoms with Crippen molar-refractivity contribution in [2.24, 2.45) is 0 Å². The second-order valence-electron chi connectivity index (χ2n) is 4.91. The first kappa shape index (κ1) is 16.7. The first-order valence-corrected chi connectivity index (χ1v) is 8.21. The molecule has 1 N–H and O–H groups in total. The molecule has 0 aliphatic rings. The van der Waals surface area contributed by atoms with Gasteiger partial charge in [0.25, 0.3) is 5.91 Å². The largest absolute Gasteiger partial charge is 0.465 e. The Kier molecular flexibility index (Phi) is 5.06. The summed E-state index contributed by atoms with van der Waals surface area (Å²) in [4.78, 5) is 28.6. The molecule has 1 amide bonds. The van der Waals surface area contributed by atoms with Crippen molar-refractivity contribution in [3.8, 4) is 11.6 Å². The van der Waals surface area contributed by atoms with Crippen molar-refractivity contribution in [1.82, 2.24) is 4.98 Å². The molecule has 0 saturated heterocycles. The van der Waals surface area contributed by atoms with E-state index in [0.717, 1.165) is 0 Å². The van der Waals surface area contributed by atoms with Crippen LogP contribution in [-0.4, -0.2) is 24.0 Å². The number of carbonyl (C=O) groups is 2. The van der Waals surface area contributed by atoms with Gasteiger partial charge < -0.3 is 14.8 Å². The van der Waals surface area contributed by atoms with Gasteiger partial charge in [-0.2, -0.15) is 0 Å². The monoisotopic (exact) mass is 354 g/mol. The Morgan fingerprint density at radius 2 is 2.00 bits per heavy atom. The van der Waals surface area contributed by atoms with Crippen LogP contribution in [0.4, 0.5) is 5.69 Å². The third kappa shape index (κ3) is 4.02. The number of thiophene rings is 1. The molecule has 0 bridgehead atoms. The second-order valence-corrected chi connectivity index (χ2v) is 5.82. The fraction of sp³-hybridized carbons (Fsp3) is 0.0556. The number of amides is 1. The summed E-state index contributed by atoms with van der Waals surface area (Å²) < 4.78 is 10.3. The summed E-state index contributed by atoms with van der Waals surface area (Å²) in [6, 6.07) is 13.7. The fourth-order valence-corrected chi connectivity index (χ4v) is 2.85. The highest BCUT2D eigenvalue weighted by molar-refractivity contribution is 7.12. The predicted octanol–water partition coefficient (Wildman–Crippen LogP) is 3.97. The van der Waals surface area contributed by atoms with Crippen LogP contribution in [-0.2, 0) is 4.74 Å². The third-order valence-corrected chi connectivity index (χ3v) is 4.14. The number of carbonyl (C=O) groups excluding carboxylic acids is 2. The Balaban J connectivity index is 1.76. The van der Waals surface area contributed by atoms with Crippen LogP contribution in [0.2, 0.25) is 0 Å². The van der Waals surface area contributed by atoms with E-state index < -0.39 is 5.97 Å². The summed E-state index contributed by atoms with van der Waals surface area (Å²) >= 11 is 1.20. The Bertz CT molecular complexity index is 893. The highest BCUT2D eigenvalue weighted by Gasteiger charge is 2.16. The van der Waals surface area contributed by atoms with Crippen molar-refractivity contribution in [1.29, 1.82) is 0 Å². The van der Waals surface area contributed by atoms with E-state index in [2.05, 4.69) is 10.3 Å². The summed E-state index contributed by atoms with van der Waals surface area (Å²) in [6.45, 7) is 0. The Labute approximate surface area is 148 Å². The van der Waals surface area contributed by atoms with Gasteiger partial charge in [-0.3, -0.25) is 4.79 Å². The number of pyridine rings is 1. The zero-order chi connectivity index (χ0) is 17.6. The minimum Gasteiger partial charge on any atom is -0.465 e. The summed E-state index contributed by atoms with van der Waals surface area (Å²) in [5, 5.41) is 4.42. The van der Waals surface area contributed by atoms with Gasteiger partial charge in [0, 0.05) is 17.8 Å². The summed E-state index contributed by atoms with van der Waals surface area (Å²) in [7, 11) is 1.30. The van der Waals surface area contributed by atoms with Crippen molar-refractivity contribution in [3.63, 3.8) is 0 Å². The lowest BCUT2D eigenvalue weighted by Crippen LogP contribution is -2.14. The number of ether oxygens (including phenoxy) is 2. The van der Waals surface area contributed by atoms with Gasteiger partial charge in [0.05, 0.1) is 12.8 Å². The lowest BCUT2D eigenvalue weighted by atomic mass is 10.2. The molecule has 2 aromatic heterocycles. The number of aromatic nitrogens is 1. The van der Waals surface area contributed by atoms with E-state index in [4.69, 9.17) is 9.47 Å². The molecule has 1 aromatic carbocycles. The molecule has 0 saturated carbocycles. The SMILES string of the molecule is COC(=O)c1sccc1NC(=O)c1cccc(Oc2ccccn2)c1. The van der Waals surface area contributed by atoms with Crippen molar-refractivity contribution < 1.29 is 19.1 Å². The van der Waals surface area contributed by atoms with Gasteiger partial charge in [-0.15, -0.1) is 11.3 Å². The molecular weight excluding hydrogens is 340 g/mol. The zero-order valence-corrected chi connectivity index (χ0v) is 14.1. The summed E-state index contributed by atoms with van der Waals surface area (Å²) in [5.41, 5.74) is 0.813. The number of nitrogens with one attached hydrogen (secondary N) is 1. The minimum absolute atomic E-state index is 0.344. The molecule has 0 fully saturated rings. The van der Waals surface area contributed by atoms with Gasteiger partial charge in [-0.25, -0.2) is 9.78 Å². The fourth-order valence-electron chi connectivity index (χ4n) is 2.08. The smallest absolute Gasteiger partial charge is 0.350 e. The minimum atomic E-state index is -0.488. The van der Waals surface area contributed by atoms with Crippen LogP contribution >= 0.6 is 11.3 Å². The lowest BCUT2D eigenvalue weighted by Gasteiger charge is -2.08. The molecule has 0 atom stereocenters. The van der Waals surface area contributed by atoms with E-state index in [1.165, 1.54) is 18.4 Å². The Morgan fingerprint density at radius 1 is 1.12 bits per heavy atom. The van der Waals surface area contributed by atoms with Crippen LogP contribution in [0.3, 0.4) is 0 Å². The normalized spacial score (nSPS) is 10.1. The molecular formula is C18H14N2O4S. The quantitative estimate of drug-likeness (QED) is 0.702. The van der Waals surface area contributed by atoms with Crippen LogP contribution < -0.4 is 10.1 Å². The molecule has 0 unspecified atom stereocenters. The number of rotatable bonds is 5. The van der Waals surface area contributed by atoms with Crippen molar-refractivity contribution in [2.75, 3.05) is 12.4 Å². The summed E-state index contributed by atoms with van der Waals surface area (Å²) in [5.74, 6) is 0.0864. The van der Waals surface area contributed by atoms with E-state index in [1.807, 2.05) is 6.07 Å². The van der Waals surface area contributed by atoms with Gasteiger partial charge in [0.1, 0.15) is 10.6 Å². The molecule has 0 radical (unpaired) electrons. The van der Waals surface area contributed by atoms with E-state index in [9.17, 15) is 9.59 Å². The maximum atomic E-state index is 12.5. The maximum Gasteiger partial charge on any atom is 0.350 e. The van der Waals surface area contributed by atoms with Crippen LogP contribution in [0.5, 0.6) is 11.6 Å². The standard InChI is InChI=1S/C18H14N2O4S/c1-23-18(22)16-14(8-10-25-16)20-17(21)12-5-4-6-13(11-12)24-15-7-2-3-9-19-15/h2-11H,1H3,(H,20,21). The number of hydrogen-bond donors (Lipinski definition) is 1. The van der Waals surface area contributed by atoms with E-state index in [0.29, 0.717) is 27.8 Å². The van der Waals surface area contributed by atoms with Crippen LogP contribution in [0.1, 0.15) is 20.0 Å². The zero-order valence-electron chi connectivity index (χ0n) is 13.3. The lowest BCUT2D eigenvalue weighted by molar-refractivity contribution is 0.0607. The maximum absolute atomic E-state index is 12.5.